The molecule has 4 rings (SSSR count). The molecule has 0 fully saturated rings. The number of benzene rings is 2. The normalized spacial score (nSPS) is 11.4. The summed E-state index contributed by atoms with van der Waals surface area (Å²) in [6, 6.07) is 8.03. The summed E-state index contributed by atoms with van der Waals surface area (Å²) < 4.78 is 69.0. The van der Waals surface area contributed by atoms with Crippen LogP contribution in [0.15, 0.2) is 57.9 Å². The molecule has 0 amide bonds. The van der Waals surface area contributed by atoms with Crippen LogP contribution in [0.25, 0.3) is 11.1 Å². The van der Waals surface area contributed by atoms with Crippen molar-refractivity contribution in [1.82, 2.24) is 14.7 Å². The zero-order chi connectivity index (χ0) is 23.8. The molecular formula is C19H10F5N5O4. The number of nitrogens with zero attached hydrogens (tertiary/aromatic N) is 3. The SMILES string of the molecule is O=C(On1c(=O)oc2ccc(Nc3ccnc(Nc4cc(F)cc(F)c4)n3)cc21)C(F)(F)F. The number of carbonyl (C=O) groups excluding carboxylic acids is 1. The van der Waals surface area contributed by atoms with Crippen LogP contribution in [0.5, 0.6) is 0 Å². The van der Waals surface area contributed by atoms with Crippen LogP contribution in [0.4, 0.5) is 45.1 Å². The topological polar surface area (TPSA) is 111 Å². The van der Waals surface area contributed by atoms with Crippen molar-refractivity contribution in [2.45, 2.75) is 6.18 Å². The van der Waals surface area contributed by atoms with Crippen molar-refractivity contribution in [3.63, 3.8) is 0 Å². The maximum atomic E-state index is 13.3. The van der Waals surface area contributed by atoms with Gasteiger partial charge >= 0.3 is 17.9 Å². The smallest absolute Gasteiger partial charge is 0.405 e. The second-order valence-electron chi connectivity index (χ2n) is 6.39. The van der Waals surface area contributed by atoms with Gasteiger partial charge in [0, 0.05) is 23.6 Å². The fraction of sp³-hybridized carbons (Fsp3) is 0.0526. The molecule has 0 aliphatic rings. The third kappa shape index (κ3) is 4.89. The second-order valence-corrected chi connectivity index (χ2v) is 6.39. The summed E-state index contributed by atoms with van der Waals surface area (Å²) in [5, 5.41) is 5.43. The van der Waals surface area contributed by atoms with E-state index in [-0.39, 0.29) is 39.0 Å². The number of rotatable bonds is 5. The van der Waals surface area contributed by atoms with Crippen molar-refractivity contribution in [1.29, 1.82) is 0 Å². The number of fused-ring (bicyclic) bond motifs is 1. The Morgan fingerprint density at radius 2 is 1.73 bits per heavy atom. The van der Waals surface area contributed by atoms with E-state index in [4.69, 9.17) is 4.42 Å². The zero-order valence-electron chi connectivity index (χ0n) is 16.0. The van der Waals surface area contributed by atoms with E-state index in [1.165, 1.54) is 30.5 Å². The zero-order valence-corrected chi connectivity index (χ0v) is 16.0. The van der Waals surface area contributed by atoms with Gasteiger partial charge in [0.2, 0.25) is 5.95 Å². The number of aromatic nitrogens is 3. The molecule has 0 bridgehead atoms. The lowest BCUT2D eigenvalue weighted by atomic mass is 10.3. The molecule has 33 heavy (non-hydrogen) atoms. The van der Waals surface area contributed by atoms with Crippen LogP contribution in [0, 0.1) is 11.6 Å². The Kier molecular flexibility index (Phi) is 5.41. The maximum Gasteiger partial charge on any atom is 0.493 e. The molecule has 0 saturated carbocycles. The van der Waals surface area contributed by atoms with E-state index in [0.29, 0.717) is 6.07 Å². The predicted molar refractivity (Wildman–Crippen MR) is 103 cm³/mol. The van der Waals surface area contributed by atoms with Crippen molar-refractivity contribution in [3.8, 4) is 0 Å². The fourth-order valence-electron chi connectivity index (χ4n) is 2.69. The van der Waals surface area contributed by atoms with Crippen LogP contribution in [-0.2, 0) is 4.79 Å². The maximum absolute atomic E-state index is 13.3. The van der Waals surface area contributed by atoms with E-state index in [1.54, 1.807) is 0 Å². The molecule has 0 radical (unpaired) electrons. The van der Waals surface area contributed by atoms with Gasteiger partial charge < -0.3 is 19.9 Å². The van der Waals surface area contributed by atoms with Crippen LogP contribution >= 0.6 is 0 Å². The molecule has 0 spiro atoms. The molecule has 0 unspecified atom stereocenters. The first kappa shape index (κ1) is 21.7. The molecule has 9 nitrogen and oxygen atoms in total. The standard InChI is InChI=1S/C19H10F5N5O4/c20-9-5-10(21)7-12(6-9)27-17-25-4-3-15(28-17)26-11-1-2-14-13(8-11)29(18(31)32-14)33-16(30)19(22,23)24/h1-8H,(H2,25,26,27,28). The van der Waals surface area contributed by atoms with E-state index in [2.05, 4.69) is 25.4 Å². The third-order valence-corrected chi connectivity index (χ3v) is 3.99. The van der Waals surface area contributed by atoms with Gasteiger partial charge in [0.25, 0.3) is 0 Å². The summed E-state index contributed by atoms with van der Waals surface area (Å²) in [5.74, 6) is -5.41. The molecular weight excluding hydrogens is 457 g/mol. The predicted octanol–water partition coefficient (Wildman–Crippen LogP) is 3.67. The van der Waals surface area contributed by atoms with Gasteiger partial charge in [-0.05, 0) is 36.4 Å². The first-order valence-corrected chi connectivity index (χ1v) is 8.87. The number of hydrogen-bond acceptors (Lipinski definition) is 8. The monoisotopic (exact) mass is 467 g/mol. The van der Waals surface area contributed by atoms with Crippen LogP contribution in [0.1, 0.15) is 0 Å². The van der Waals surface area contributed by atoms with Crippen molar-refractivity contribution in [2.24, 2.45) is 0 Å². The first-order chi connectivity index (χ1) is 15.6. The summed E-state index contributed by atoms with van der Waals surface area (Å²) in [4.78, 5) is 35.0. The summed E-state index contributed by atoms with van der Waals surface area (Å²) in [7, 11) is 0. The first-order valence-electron chi connectivity index (χ1n) is 8.87. The molecule has 0 saturated heterocycles. The van der Waals surface area contributed by atoms with Gasteiger partial charge in [0.15, 0.2) is 5.58 Å². The van der Waals surface area contributed by atoms with Gasteiger partial charge in [0.1, 0.15) is 23.0 Å². The third-order valence-electron chi connectivity index (χ3n) is 3.99. The molecule has 2 aromatic carbocycles. The Hall–Kier alpha value is -4.49. The van der Waals surface area contributed by atoms with Crippen molar-refractivity contribution < 1.29 is 36.0 Å². The molecule has 0 aliphatic heterocycles. The Balaban J connectivity index is 1.59. The summed E-state index contributed by atoms with van der Waals surface area (Å²) in [6.45, 7) is 0. The van der Waals surface area contributed by atoms with E-state index in [9.17, 15) is 31.5 Å². The molecule has 0 aliphatic carbocycles. The van der Waals surface area contributed by atoms with Gasteiger partial charge in [-0.3, -0.25) is 0 Å². The highest BCUT2D eigenvalue weighted by molar-refractivity contribution is 5.81. The van der Waals surface area contributed by atoms with Gasteiger partial charge in [-0.2, -0.15) is 18.2 Å². The average Bonchev–Trinajstić information content (AvgIpc) is 3.01. The molecule has 0 atom stereocenters. The highest BCUT2D eigenvalue weighted by Gasteiger charge is 2.42. The number of halogens is 5. The minimum absolute atomic E-state index is 0.0228. The minimum atomic E-state index is -5.33. The summed E-state index contributed by atoms with van der Waals surface area (Å²) in [5.41, 5.74) is -0.120. The number of alkyl halides is 3. The lowest BCUT2D eigenvalue weighted by molar-refractivity contribution is -0.200. The second kappa shape index (κ2) is 8.22. The van der Waals surface area contributed by atoms with Gasteiger partial charge in [-0.25, -0.2) is 23.4 Å². The summed E-state index contributed by atoms with van der Waals surface area (Å²) >= 11 is 0. The van der Waals surface area contributed by atoms with Crippen LogP contribution < -0.4 is 21.2 Å². The number of nitrogens with one attached hydrogen (secondary N) is 2. The van der Waals surface area contributed by atoms with E-state index in [0.717, 1.165) is 12.1 Å². The van der Waals surface area contributed by atoms with E-state index >= 15 is 0 Å². The van der Waals surface area contributed by atoms with Crippen LogP contribution in [0.3, 0.4) is 0 Å². The Morgan fingerprint density at radius 1 is 1.00 bits per heavy atom. The number of oxazole rings is 1. The number of anilines is 4. The number of carbonyl (C=O) groups is 1. The molecule has 2 heterocycles. The van der Waals surface area contributed by atoms with Gasteiger partial charge in [-0.1, -0.05) is 4.73 Å². The summed E-state index contributed by atoms with van der Waals surface area (Å²) in [6.07, 6.45) is -4.00. The molecule has 4 aromatic rings. The van der Waals surface area contributed by atoms with E-state index < -0.39 is 29.5 Å². The van der Waals surface area contributed by atoms with Crippen molar-refractivity contribution in [3.05, 3.63) is 70.8 Å². The minimum Gasteiger partial charge on any atom is -0.405 e. The van der Waals surface area contributed by atoms with Gasteiger partial charge in [-0.15, -0.1) is 0 Å². The lowest BCUT2D eigenvalue weighted by Gasteiger charge is -2.09. The van der Waals surface area contributed by atoms with Crippen molar-refractivity contribution in [2.75, 3.05) is 10.6 Å². The Morgan fingerprint density at radius 3 is 2.42 bits per heavy atom. The largest absolute Gasteiger partial charge is 0.493 e. The highest BCUT2D eigenvalue weighted by Crippen LogP contribution is 2.23. The Labute approximate surface area is 179 Å². The van der Waals surface area contributed by atoms with Crippen LogP contribution in [-0.4, -0.2) is 26.8 Å². The highest BCUT2D eigenvalue weighted by atomic mass is 19.4. The number of hydrogen-bond donors (Lipinski definition) is 2. The molecule has 14 heteroatoms. The average molecular weight is 467 g/mol. The van der Waals surface area contributed by atoms with Crippen molar-refractivity contribution >= 4 is 40.2 Å². The van der Waals surface area contributed by atoms with Gasteiger partial charge in [0.05, 0.1) is 0 Å². The fourth-order valence-corrected chi connectivity index (χ4v) is 2.69. The Bertz CT molecular complexity index is 1400. The molecule has 2 N–H and O–H groups in total. The molecule has 170 valence electrons. The lowest BCUT2D eigenvalue weighted by Crippen LogP contribution is -2.36. The quantitative estimate of drug-likeness (QED) is 0.428. The van der Waals surface area contributed by atoms with Crippen LogP contribution in [0.2, 0.25) is 0 Å². The van der Waals surface area contributed by atoms with E-state index in [1.807, 2.05) is 0 Å². The molecule has 2 aromatic heterocycles.